The van der Waals surface area contributed by atoms with E-state index in [1.54, 1.807) is 24.3 Å². The first-order valence-electron chi connectivity index (χ1n) is 9.40. The number of halogens is 6. The van der Waals surface area contributed by atoms with E-state index in [0.717, 1.165) is 0 Å². The van der Waals surface area contributed by atoms with Gasteiger partial charge in [-0.25, -0.2) is 4.39 Å². The molecule has 1 aliphatic carbocycles. The van der Waals surface area contributed by atoms with Gasteiger partial charge >= 0.3 is 5.97 Å². The minimum absolute atomic E-state index is 0.0514. The number of nitriles is 1. The molecule has 170 valence electrons. The van der Waals surface area contributed by atoms with E-state index in [1.165, 1.54) is 18.2 Å². The lowest BCUT2D eigenvalue weighted by molar-refractivity contribution is -0.149. The van der Waals surface area contributed by atoms with Gasteiger partial charge in [0.1, 0.15) is 14.0 Å². The minimum Gasteiger partial charge on any atom is -0.454 e. The Kier molecular flexibility index (Phi) is 8.04. The molecule has 2 aromatic carbocycles. The van der Waals surface area contributed by atoms with Crippen molar-refractivity contribution >= 4 is 81.3 Å². The van der Waals surface area contributed by atoms with Gasteiger partial charge < -0.3 is 9.47 Å². The molecular formula is C22H17Br4ClFNO3. The predicted octanol–water partition coefficient (Wildman–Crippen LogP) is 8.25. The van der Waals surface area contributed by atoms with Crippen LogP contribution in [0.25, 0.3) is 0 Å². The monoisotopic (exact) mass is 713 g/mol. The number of carbonyl (C=O) groups excluding carboxylic acids is 1. The SMILES string of the molecule is CC1(C)[C@H](C(=O)OC(C#N)c2ccc(F)c(Oc3ccc(Cl)cc3)c2)[C@@H]1C(Br)C(Br)(Br)Br. The average molecular weight is 717 g/mol. The zero-order valence-electron chi connectivity index (χ0n) is 16.8. The number of benzene rings is 2. The first-order chi connectivity index (χ1) is 14.9. The first kappa shape index (κ1) is 26.0. The molecule has 2 unspecified atom stereocenters. The summed E-state index contributed by atoms with van der Waals surface area (Å²) in [5.41, 5.74) is -0.0234. The average Bonchev–Trinajstić information content (AvgIpc) is 3.29. The number of alkyl halides is 4. The van der Waals surface area contributed by atoms with Gasteiger partial charge in [0, 0.05) is 10.6 Å². The van der Waals surface area contributed by atoms with Crippen LogP contribution in [0.3, 0.4) is 0 Å². The van der Waals surface area contributed by atoms with E-state index in [0.29, 0.717) is 16.3 Å². The molecule has 1 fully saturated rings. The maximum Gasteiger partial charge on any atom is 0.311 e. The van der Waals surface area contributed by atoms with Crippen molar-refractivity contribution in [1.29, 1.82) is 5.26 Å². The van der Waals surface area contributed by atoms with Crippen LogP contribution in [-0.2, 0) is 9.53 Å². The van der Waals surface area contributed by atoms with Gasteiger partial charge in [-0.2, -0.15) is 5.26 Å². The fraction of sp³-hybridized carbons (Fsp3) is 0.364. The molecule has 32 heavy (non-hydrogen) atoms. The Labute approximate surface area is 224 Å². The van der Waals surface area contributed by atoms with Crippen LogP contribution in [0, 0.1) is 34.4 Å². The van der Waals surface area contributed by atoms with Crippen molar-refractivity contribution in [3.63, 3.8) is 0 Å². The lowest BCUT2D eigenvalue weighted by Gasteiger charge is -2.21. The molecule has 0 N–H and O–H groups in total. The summed E-state index contributed by atoms with van der Waals surface area (Å²) in [5, 5.41) is 10.2. The predicted molar refractivity (Wildman–Crippen MR) is 135 cm³/mol. The number of nitrogens with zero attached hydrogens (tertiary/aromatic N) is 1. The second kappa shape index (κ2) is 9.91. The van der Waals surface area contributed by atoms with Crippen molar-refractivity contribution < 1.29 is 18.7 Å². The second-order valence-electron chi connectivity index (χ2n) is 7.96. The van der Waals surface area contributed by atoms with Crippen molar-refractivity contribution in [3.8, 4) is 17.6 Å². The number of rotatable bonds is 6. The third-order valence-electron chi connectivity index (χ3n) is 5.44. The first-order valence-corrected chi connectivity index (χ1v) is 13.1. The van der Waals surface area contributed by atoms with Crippen molar-refractivity contribution in [1.82, 2.24) is 0 Å². The van der Waals surface area contributed by atoms with Crippen LogP contribution in [-0.4, -0.2) is 12.9 Å². The summed E-state index contributed by atoms with van der Waals surface area (Å²) in [7, 11) is 0. The van der Waals surface area contributed by atoms with E-state index in [4.69, 9.17) is 21.1 Å². The molecule has 0 heterocycles. The van der Waals surface area contributed by atoms with E-state index in [-0.39, 0.29) is 21.9 Å². The Balaban J connectivity index is 1.77. The third-order valence-corrected chi connectivity index (χ3v) is 10.3. The summed E-state index contributed by atoms with van der Waals surface area (Å²) in [4.78, 5) is 12.8. The Bertz CT molecular complexity index is 1050. The fourth-order valence-electron chi connectivity index (χ4n) is 3.63. The maximum absolute atomic E-state index is 14.3. The molecule has 1 saturated carbocycles. The fourth-order valence-corrected chi connectivity index (χ4v) is 5.59. The van der Waals surface area contributed by atoms with Crippen molar-refractivity contribution in [2.24, 2.45) is 17.3 Å². The quantitative estimate of drug-likeness (QED) is 0.223. The molecule has 0 saturated heterocycles. The van der Waals surface area contributed by atoms with E-state index >= 15 is 0 Å². The summed E-state index contributed by atoms with van der Waals surface area (Å²) >= 11 is 19.9. The highest BCUT2D eigenvalue weighted by atomic mass is 80.0. The van der Waals surface area contributed by atoms with Crippen LogP contribution in [0.1, 0.15) is 25.5 Å². The summed E-state index contributed by atoms with van der Waals surface area (Å²) in [6, 6.07) is 12.3. The lowest BCUT2D eigenvalue weighted by Crippen LogP contribution is -2.23. The molecular weight excluding hydrogens is 700 g/mol. The molecule has 3 rings (SSSR count). The smallest absolute Gasteiger partial charge is 0.311 e. The zero-order chi connectivity index (χ0) is 23.8. The molecule has 0 amide bonds. The van der Waals surface area contributed by atoms with Crippen molar-refractivity contribution in [2.45, 2.75) is 26.9 Å². The lowest BCUT2D eigenvalue weighted by atomic mass is 10.1. The molecule has 2 aromatic rings. The number of carbonyl (C=O) groups is 1. The topological polar surface area (TPSA) is 59.3 Å². The normalized spacial score (nSPS) is 21.2. The van der Waals surface area contributed by atoms with Gasteiger partial charge in [-0.3, -0.25) is 4.79 Å². The molecule has 0 spiro atoms. The Morgan fingerprint density at radius 3 is 2.41 bits per heavy atom. The highest BCUT2D eigenvalue weighted by Gasteiger charge is 2.67. The van der Waals surface area contributed by atoms with Gasteiger partial charge in [-0.1, -0.05) is 95.2 Å². The van der Waals surface area contributed by atoms with E-state index < -0.39 is 26.0 Å². The van der Waals surface area contributed by atoms with E-state index in [1.807, 2.05) is 19.9 Å². The van der Waals surface area contributed by atoms with Crippen molar-refractivity contribution in [2.75, 3.05) is 0 Å². The van der Waals surface area contributed by atoms with Crippen LogP contribution in [0.5, 0.6) is 11.5 Å². The number of ether oxygens (including phenoxy) is 2. The Hall–Kier alpha value is -0.660. The maximum atomic E-state index is 14.3. The van der Waals surface area contributed by atoms with Gasteiger partial charge in [-0.05, 0) is 47.7 Å². The molecule has 0 aromatic heterocycles. The second-order valence-corrected chi connectivity index (χ2v) is 16.3. The molecule has 0 radical (unpaired) electrons. The van der Waals surface area contributed by atoms with Gasteiger partial charge in [0.05, 0.1) is 10.7 Å². The molecule has 4 atom stereocenters. The van der Waals surface area contributed by atoms with E-state index in [2.05, 4.69) is 63.7 Å². The van der Waals surface area contributed by atoms with Crippen LogP contribution >= 0.6 is 75.3 Å². The van der Waals surface area contributed by atoms with Gasteiger partial charge in [0.2, 0.25) is 6.10 Å². The molecule has 0 aliphatic heterocycles. The summed E-state index contributed by atoms with van der Waals surface area (Å²) in [6.07, 6.45) is -1.21. The third kappa shape index (κ3) is 5.69. The van der Waals surface area contributed by atoms with Crippen LogP contribution in [0.15, 0.2) is 42.5 Å². The highest BCUT2D eigenvalue weighted by Crippen LogP contribution is 2.66. The molecule has 4 nitrogen and oxygen atoms in total. The van der Waals surface area contributed by atoms with Crippen LogP contribution < -0.4 is 4.74 Å². The van der Waals surface area contributed by atoms with Gasteiger partial charge in [0.25, 0.3) is 0 Å². The summed E-state index contributed by atoms with van der Waals surface area (Å²) in [6.45, 7) is 3.93. The number of esters is 1. The summed E-state index contributed by atoms with van der Waals surface area (Å²) < 4.78 is 24.8. The van der Waals surface area contributed by atoms with Gasteiger partial charge in [0.15, 0.2) is 11.6 Å². The Morgan fingerprint density at radius 1 is 1.22 bits per heavy atom. The van der Waals surface area contributed by atoms with E-state index in [9.17, 15) is 14.4 Å². The molecule has 10 heteroatoms. The largest absolute Gasteiger partial charge is 0.454 e. The van der Waals surface area contributed by atoms with Gasteiger partial charge in [-0.15, -0.1) is 0 Å². The van der Waals surface area contributed by atoms with Crippen LogP contribution in [0.2, 0.25) is 5.02 Å². The van der Waals surface area contributed by atoms with Crippen LogP contribution in [0.4, 0.5) is 4.39 Å². The molecule has 1 aliphatic rings. The molecule has 0 bridgehead atoms. The minimum atomic E-state index is -1.21. The standard InChI is InChI=1S/C22H17Br4ClFNO3/c1-21(2)17(19(23)22(24,25)26)18(21)20(30)32-16(10-29)11-3-8-14(28)15(9-11)31-13-6-4-12(27)5-7-13/h3-9,16-19H,1-2H3/t16?,17-,18+,19?/m1/s1. The van der Waals surface area contributed by atoms with Crippen molar-refractivity contribution in [3.05, 3.63) is 58.9 Å². The highest BCUT2D eigenvalue weighted by molar-refractivity contribution is 9.40. The Morgan fingerprint density at radius 2 is 1.84 bits per heavy atom. The zero-order valence-corrected chi connectivity index (χ0v) is 23.9. The number of hydrogen-bond donors (Lipinski definition) is 0. The summed E-state index contributed by atoms with van der Waals surface area (Å²) in [5.74, 6) is -1.28. The number of hydrogen-bond acceptors (Lipinski definition) is 4.